The summed E-state index contributed by atoms with van der Waals surface area (Å²) in [4.78, 5) is 20.6. The van der Waals surface area contributed by atoms with E-state index in [1.165, 1.54) is 0 Å². The number of hydrogen-bond donors (Lipinski definition) is 2. The fourth-order valence-corrected chi connectivity index (χ4v) is 2.38. The second-order valence-corrected chi connectivity index (χ2v) is 5.89. The third kappa shape index (κ3) is 5.02. The molecule has 2 heterocycles. The van der Waals surface area contributed by atoms with Gasteiger partial charge in [-0.15, -0.1) is 0 Å². The normalized spacial score (nSPS) is 10.3. The summed E-state index contributed by atoms with van der Waals surface area (Å²) in [6.45, 7) is 1.04. The molecule has 126 valence electrons. The molecule has 6 heteroatoms. The SMILES string of the molecule is O=C(NCc1cccnc1)c1ccnc(NCc2ccc(Cl)cc2)c1. The Morgan fingerprint density at radius 2 is 1.84 bits per heavy atom. The molecule has 0 atom stereocenters. The van der Waals surface area contributed by atoms with Gasteiger partial charge in [-0.3, -0.25) is 9.78 Å². The van der Waals surface area contributed by atoms with E-state index in [0.717, 1.165) is 11.1 Å². The monoisotopic (exact) mass is 352 g/mol. The fourth-order valence-electron chi connectivity index (χ4n) is 2.25. The molecular weight excluding hydrogens is 336 g/mol. The summed E-state index contributed by atoms with van der Waals surface area (Å²) in [6.07, 6.45) is 5.04. The van der Waals surface area contributed by atoms with Crippen molar-refractivity contribution in [1.82, 2.24) is 15.3 Å². The summed E-state index contributed by atoms with van der Waals surface area (Å²) in [6, 6.07) is 14.7. The number of benzene rings is 1. The predicted molar refractivity (Wildman–Crippen MR) is 98.4 cm³/mol. The number of anilines is 1. The molecule has 0 bridgehead atoms. The molecule has 1 aromatic carbocycles. The van der Waals surface area contributed by atoms with E-state index >= 15 is 0 Å². The molecule has 1 amide bonds. The maximum absolute atomic E-state index is 12.3. The minimum atomic E-state index is -0.152. The second-order valence-electron chi connectivity index (χ2n) is 5.45. The van der Waals surface area contributed by atoms with Crippen molar-refractivity contribution in [2.75, 3.05) is 5.32 Å². The van der Waals surface area contributed by atoms with E-state index in [1.807, 2.05) is 36.4 Å². The van der Waals surface area contributed by atoms with Crippen LogP contribution in [0, 0.1) is 0 Å². The van der Waals surface area contributed by atoms with Crippen molar-refractivity contribution in [2.45, 2.75) is 13.1 Å². The van der Waals surface area contributed by atoms with Crippen molar-refractivity contribution in [2.24, 2.45) is 0 Å². The van der Waals surface area contributed by atoms with E-state index < -0.39 is 0 Å². The van der Waals surface area contributed by atoms with E-state index in [9.17, 15) is 4.79 Å². The van der Waals surface area contributed by atoms with Crippen LogP contribution in [0.2, 0.25) is 5.02 Å². The van der Waals surface area contributed by atoms with Crippen molar-refractivity contribution in [3.05, 3.63) is 88.8 Å². The zero-order valence-corrected chi connectivity index (χ0v) is 14.2. The van der Waals surface area contributed by atoms with Gasteiger partial charge in [0.1, 0.15) is 5.82 Å². The van der Waals surface area contributed by atoms with Gasteiger partial charge >= 0.3 is 0 Å². The molecule has 0 aliphatic heterocycles. The molecule has 0 fully saturated rings. The Hall–Kier alpha value is -2.92. The molecule has 3 rings (SSSR count). The Bertz CT molecular complexity index is 838. The molecule has 0 aliphatic carbocycles. The molecule has 0 aliphatic rings. The molecule has 0 radical (unpaired) electrons. The number of halogens is 1. The Morgan fingerprint density at radius 3 is 2.60 bits per heavy atom. The van der Waals surface area contributed by atoms with Gasteiger partial charge in [-0.05, 0) is 41.5 Å². The molecule has 0 spiro atoms. The Morgan fingerprint density at radius 1 is 1.00 bits per heavy atom. The highest BCUT2D eigenvalue weighted by Gasteiger charge is 2.07. The largest absolute Gasteiger partial charge is 0.366 e. The van der Waals surface area contributed by atoms with Gasteiger partial charge in [0, 0.05) is 42.3 Å². The first-order chi connectivity index (χ1) is 12.2. The van der Waals surface area contributed by atoms with Crippen LogP contribution in [0.3, 0.4) is 0 Å². The predicted octanol–water partition coefficient (Wildman–Crippen LogP) is 3.67. The van der Waals surface area contributed by atoms with Crippen molar-refractivity contribution in [3.63, 3.8) is 0 Å². The van der Waals surface area contributed by atoms with Crippen LogP contribution in [-0.2, 0) is 13.1 Å². The number of rotatable bonds is 6. The standard InChI is InChI=1S/C19H17ClN4O/c20-17-5-3-14(4-6-17)12-23-18-10-16(7-9-22-18)19(25)24-13-15-2-1-8-21-11-15/h1-11H,12-13H2,(H,22,23)(H,24,25). The van der Waals surface area contributed by atoms with Crippen LogP contribution in [0.1, 0.15) is 21.5 Å². The fraction of sp³-hybridized carbons (Fsp3) is 0.105. The number of carbonyl (C=O) groups is 1. The van der Waals surface area contributed by atoms with Gasteiger partial charge in [0.2, 0.25) is 0 Å². The molecular formula is C19H17ClN4O. The summed E-state index contributed by atoms with van der Waals surface area (Å²) < 4.78 is 0. The minimum Gasteiger partial charge on any atom is -0.366 e. The number of aromatic nitrogens is 2. The highest BCUT2D eigenvalue weighted by Crippen LogP contribution is 2.12. The van der Waals surface area contributed by atoms with Crippen molar-refractivity contribution in [3.8, 4) is 0 Å². The third-order valence-electron chi connectivity index (χ3n) is 3.58. The number of carbonyl (C=O) groups excluding carboxylic acids is 1. The van der Waals surface area contributed by atoms with Gasteiger partial charge in [0.25, 0.3) is 5.91 Å². The van der Waals surface area contributed by atoms with Gasteiger partial charge in [-0.25, -0.2) is 4.98 Å². The summed E-state index contributed by atoms with van der Waals surface area (Å²) in [5, 5.41) is 6.78. The van der Waals surface area contributed by atoms with E-state index in [0.29, 0.717) is 29.5 Å². The van der Waals surface area contributed by atoms with Crippen LogP contribution >= 0.6 is 11.6 Å². The maximum Gasteiger partial charge on any atom is 0.251 e. The highest BCUT2D eigenvalue weighted by atomic mass is 35.5. The molecule has 0 saturated heterocycles. The first kappa shape index (κ1) is 16.9. The van der Waals surface area contributed by atoms with Gasteiger partial charge in [-0.2, -0.15) is 0 Å². The Kier molecular flexibility index (Phi) is 5.59. The first-order valence-corrected chi connectivity index (χ1v) is 8.20. The Labute approximate surface area is 151 Å². The van der Waals surface area contributed by atoms with E-state index in [1.54, 1.807) is 30.7 Å². The van der Waals surface area contributed by atoms with Crippen LogP contribution in [0.15, 0.2) is 67.1 Å². The Balaban J connectivity index is 1.58. The van der Waals surface area contributed by atoms with Crippen LogP contribution in [-0.4, -0.2) is 15.9 Å². The molecule has 2 N–H and O–H groups in total. The highest BCUT2D eigenvalue weighted by molar-refractivity contribution is 6.30. The van der Waals surface area contributed by atoms with Gasteiger partial charge in [-0.1, -0.05) is 29.8 Å². The first-order valence-electron chi connectivity index (χ1n) is 7.82. The quantitative estimate of drug-likeness (QED) is 0.710. The topological polar surface area (TPSA) is 66.9 Å². The summed E-state index contributed by atoms with van der Waals surface area (Å²) in [7, 11) is 0. The lowest BCUT2D eigenvalue weighted by Crippen LogP contribution is -2.23. The number of hydrogen-bond acceptors (Lipinski definition) is 4. The zero-order valence-electron chi connectivity index (χ0n) is 13.4. The number of pyridine rings is 2. The van der Waals surface area contributed by atoms with Crippen LogP contribution in [0.4, 0.5) is 5.82 Å². The average Bonchev–Trinajstić information content (AvgIpc) is 2.67. The van der Waals surface area contributed by atoms with Crippen molar-refractivity contribution >= 4 is 23.3 Å². The molecule has 5 nitrogen and oxygen atoms in total. The van der Waals surface area contributed by atoms with Crippen LogP contribution < -0.4 is 10.6 Å². The number of amides is 1. The average molecular weight is 353 g/mol. The van der Waals surface area contributed by atoms with E-state index in [-0.39, 0.29) is 5.91 Å². The van der Waals surface area contributed by atoms with Crippen molar-refractivity contribution < 1.29 is 4.79 Å². The van der Waals surface area contributed by atoms with Crippen LogP contribution in [0.5, 0.6) is 0 Å². The lowest BCUT2D eigenvalue weighted by atomic mass is 10.2. The smallest absolute Gasteiger partial charge is 0.251 e. The number of nitrogens with one attached hydrogen (secondary N) is 2. The zero-order chi connectivity index (χ0) is 17.5. The molecule has 3 aromatic rings. The summed E-state index contributed by atoms with van der Waals surface area (Å²) in [5.74, 6) is 0.491. The van der Waals surface area contributed by atoms with E-state index in [4.69, 9.17) is 11.6 Å². The molecule has 2 aromatic heterocycles. The van der Waals surface area contributed by atoms with Gasteiger partial charge < -0.3 is 10.6 Å². The van der Waals surface area contributed by atoms with Gasteiger partial charge in [0.15, 0.2) is 0 Å². The number of nitrogens with zero attached hydrogens (tertiary/aromatic N) is 2. The lowest BCUT2D eigenvalue weighted by Gasteiger charge is -2.08. The summed E-state index contributed by atoms with van der Waals surface area (Å²) in [5.41, 5.74) is 2.58. The minimum absolute atomic E-state index is 0.152. The molecule has 0 unspecified atom stereocenters. The van der Waals surface area contributed by atoms with E-state index in [2.05, 4.69) is 20.6 Å². The maximum atomic E-state index is 12.3. The lowest BCUT2D eigenvalue weighted by molar-refractivity contribution is 0.0951. The van der Waals surface area contributed by atoms with Crippen molar-refractivity contribution in [1.29, 1.82) is 0 Å². The van der Waals surface area contributed by atoms with Gasteiger partial charge in [0.05, 0.1) is 0 Å². The second kappa shape index (κ2) is 8.26. The molecule has 25 heavy (non-hydrogen) atoms. The third-order valence-corrected chi connectivity index (χ3v) is 3.84. The summed E-state index contributed by atoms with van der Waals surface area (Å²) >= 11 is 5.88. The van der Waals surface area contributed by atoms with Crippen LogP contribution in [0.25, 0.3) is 0 Å². The molecule has 0 saturated carbocycles.